The third-order valence-electron chi connectivity index (χ3n) is 5.53. The van der Waals surface area contributed by atoms with Crippen molar-refractivity contribution in [2.45, 2.75) is 52.0 Å². The van der Waals surface area contributed by atoms with E-state index in [-0.39, 0.29) is 18.4 Å². The SMILES string of the molecule is COc1cc(C(=O)N(CCCCC(=O)O)[C@H](C)CCc2ccccc2)cc(OC)c1C. The first-order chi connectivity index (χ1) is 14.9. The van der Waals surface area contributed by atoms with Crippen molar-refractivity contribution in [3.63, 3.8) is 0 Å². The number of aryl methyl sites for hydroxylation is 1. The number of ether oxygens (including phenoxy) is 2. The molecule has 168 valence electrons. The third-order valence-corrected chi connectivity index (χ3v) is 5.53. The van der Waals surface area contributed by atoms with Crippen molar-refractivity contribution in [1.29, 1.82) is 0 Å². The van der Waals surface area contributed by atoms with Gasteiger partial charge in [0.2, 0.25) is 0 Å². The lowest BCUT2D eigenvalue weighted by Gasteiger charge is -2.30. The van der Waals surface area contributed by atoms with Crippen molar-refractivity contribution in [2.24, 2.45) is 0 Å². The second-order valence-electron chi connectivity index (χ2n) is 7.73. The van der Waals surface area contributed by atoms with Gasteiger partial charge in [0.05, 0.1) is 14.2 Å². The van der Waals surface area contributed by atoms with Crippen LogP contribution in [-0.2, 0) is 11.2 Å². The average Bonchev–Trinajstić information content (AvgIpc) is 2.77. The maximum atomic E-state index is 13.5. The second-order valence-corrected chi connectivity index (χ2v) is 7.73. The normalized spacial score (nSPS) is 11.6. The molecule has 0 aliphatic carbocycles. The van der Waals surface area contributed by atoms with Crippen LogP contribution in [0, 0.1) is 6.92 Å². The van der Waals surface area contributed by atoms with Crippen LogP contribution in [0.3, 0.4) is 0 Å². The Bertz CT molecular complexity index is 840. The molecule has 31 heavy (non-hydrogen) atoms. The maximum absolute atomic E-state index is 13.5. The number of hydrogen-bond acceptors (Lipinski definition) is 4. The van der Waals surface area contributed by atoms with Crippen LogP contribution in [0.4, 0.5) is 0 Å². The monoisotopic (exact) mass is 427 g/mol. The highest BCUT2D eigenvalue weighted by Crippen LogP contribution is 2.30. The number of carbonyl (C=O) groups excluding carboxylic acids is 1. The fourth-order valence-corrected chi connectivity index (χ4v) is 3.63. The van der Waals surface area contributed by atoms with Gasteiger partial charge < -0.3 is 19.5 Å². The van der Waals surface area contributed by atoms with Crippen LogP contribution in [-0.4, -0.2) is 48.7 Å². The zero-order chi connectivity index (χ0) is 22.8. The molecule has 0 aliphatic heterocycles. The first kappa shape index (κ1) is 24.3. The van der Waals surface area contributed by atoms with E-state index in [4.69, 9.17) is 14.6 Å². The van der Waals surface area contributed by atoms with Crippen molar-refractivity contribution in [1.82, 2.24) is 4.90 Å². The van der Waals surface area contributed by atoms with Crippen LogP contribution in [0.2, 0.25) is 0 Å². The first-order valence-corrected chi connectivity index (χ1v) is 10.7. The fourth-order valence-electron chi connectivity index (χ4n) is 3.63. The van der Waals surface area contributed by atoms with E-state index in [0.29, 0.717) is 36.4 Å². The molecule has 1 atom stereocenters. The Morgan fingerprint density at radius 3 is 2.19 bits per heavy atom. The Hall–Kier alpha value is -3.02. The average molecular weight is 428 g/mol. The number of hydrogen-bond donors (Lipinski definition) is 1. The van der Waals surface area contributed by atoms with Gasteiger partial charge in [0, 0.05) is 30.1 Å². The van der Waals surface area contributed by atoms with Crippen LogP contribution in [0.5, 0.6) is 11.5 Å². The van der Waals surface area contributed by atoms with Gasteiger partial charge in [-0.25, -0.2) is 0 Å². The molecule has 0 spiro atoms. The number of amides is 1. The van der Waals surface area contributed by atoms with Gasteiger partial charge >= 0.3 is 5.97 Å². The molecule has 2 aromatic rings. The Morgan fingerprint density at radius 1 is 1.03 bits per heavy atom. The molecular formula is C25H33NO5. The van der Waals surface area contributed by atoms with E-state index in [2.05, 4.69) is 12.1 Å². The van der Waals surface area contributed by atoms with Crippen molar-refractivity contribution >= 4 is 11.9 Å². The summed E-state index contributed by atoms with van der Waals surface area (Å²) in [5.41, 5.74) is 2.57. The number of benzene rings is 2. The Labute approximate surface area is 184 Å². The lowest BCUT2D eigenvalue weighted by atomic mass is 10.0. The van der Waals surface area contributed by atoms with Crippen molar-refractivity contribution in [2.75, 3.05) is 20.8 Å². The molecule has 0 saturated heterocycles. The summed E-state index contributed by atoms with van der Waals surface area (Å²) < 4.78 is 10.9. The zero-order valence-corrected chi connectivity index (χ0v) is 18.9. The molecule has 0 bridgehead atoms. The number of carbonyl (C=O) groups is 2. The largest absolute Gasteiger partial charge is 0.496 e. The molecule has 2 rings (SSSR count). The first-order valence-electron chi connectivity index (χ1n) is 10.7. The summed E-state index contributed by atoms with van der Waals surface area (Å²) in [5, 5.41) is 8.92. The van der Waals surface area contributed by atoms with Crippen LogP contribution in [0.25, 0.3) is 0 Å². The van der Waals surface area contributed by atoms with E-state index < -0.39 is 5.97 Å². The number of rotatable bonds is 12. The molecule has 0 radical (unpaired) electrons. The van der Waals surface area contributed by atoms with Crippen molar-refractivity contribution < 1.29 is 24.2 Å². The zero-order valence-electron chi connectivity index (χ0n) is 18.9. The number of carboxylic acids is 1. The molecule has 0 heterocycles. The van der Waals surface area contributed by atoms with Gasteiger partial charge in [0.1, 0.15) is 11.5 Å². The van der Waals surface area contributed by atoms with Crippen LogP contribution < -0.4 is 9.47 Å². The number of aliphatic carboxylic acids is 1. The third kappa shape index (κ3) is 7.02. The standard InChI is InChI=1S/C25H33NO5/c1-18(13-14-20-10-6-5-7-11-20)26(15-9-8-12-24(27)28)25(29)21-16-22(30-3)19(2)23(17-21)31-4/h5-7,10-11,16-18H,8-9,12-15H2,1-4H3,(H,27,28)/t18-/m1/s1. The van der Waals surface area contributed by atoms with Crippen LogP contribution in [0.15, 0.2) is 42.5 Å². The number of unbranched alkanes of at least 4 members (excludes halogenated alkanes) is 1. The van der Waals surface area contributed by atoms with Crippen molar-refractivity contribution in [3.8, 4) is 11.5 Å². The lowest BCUT2D eigenvalue weighted by Crippen LogP contribution is -2.39. The highest BCUT2D eigenvalue weighted by Gasteiger charge is 2.23. The van der Waals surface area contributed by atoms with E-state index in [9.17, 15) is 9.59 Å². The highest BCUT2D eigenvalue weighted by atomic mass is 16.5. The van der Waals surface area contributed by atoms with Gasteiger partial charge in [-0.15, -0.1) is 0 Å². The van der Waals surface area contributed by atoms with Gasteiger partial charge in [0.15, 0.2) is 0 Å². The number of nitrogens with zero attached hydrogens (tertiary/aromatic N) is 1. The number of methoxy groups -OCH3 is 2. The quantitative estimate of drug-likeness (QED) is 0.496. The van der Waals surface area contributed by atoms with Gasteiger partial charge in [-0.1, -0.05) is 30.3 Å². The highest BCUT2D eigenvalue weighted by molar-refractivity contribution is 5.95. The Balaban J connectivity index is 2.21. The summed E-state index contributed by atoms with van der Waals surface area (Å²) >= 11 is 0. The molecule has 6 nitrogen and oxygen atoms in total. The molecule has 0 aromatic heterocycles. The summed E-state index contributed by atoms with van der Waals surface area (Å²) in [6.45, 7) is 4.43. The maximum Gasteiger partial charge on any atom is 0.303 e. The summed E-state index contributed by atoms with van der Waals surface area (Å²) in [7, 11) is 3.14. The van der Waals surface area contributed by atoms with Crippen molar-refractivity contribution in [3.05, 3.63) is 59.2 Å². The summed E-state index contributed by atoms with van der Waals surface area (Å²) in [6.07, 6.45) is 2.95. The van der Waals surface area contributed by atoms with E-state index in [1.807, 2.05) is 36.9 Å². The molecule has 2 aromatic carbocycles. The van der Waals surface area contributed by atoms with Gasteiger partial charge in [-0.3, -0.25) is 9.59 Å². The van der Waals surface area contributed by atoms with E-state index >= 15 is 0 Å². The Kier molecular flexibility index (Phi) is 9.38. The smallest absolute Gasteiger partial charge is 0.303 e. The summed E-state index contributed by atoms with van der Waals surface area (Å²) in [4.78, 5) is 26.2. The minimum atomic E-state index is -0.817. The minimum Gasteiger partial charge on any atom is -0.496 e. The topological polar surface area (TPSA) is 76.1 Å². The van der Waals surface area contributed by atoms with Crippen LogP contribution >= 0.6 is 0 Å². The van der Waals surface area contributed by atoms with Gasteiger partial charge in [0.25, 0.3) is 5.91 Å². The lowest BCUT2D eigenvalue weighted by molar-refractivity contribution is -0.137. The summed E-state index contributed by atoms with van der Waals surface area (Å²) in [5.74, 6) is 0.284. The van der Waals surface area contributed by atoms with Gasteiger partial charge in [-0.2, -0.15) is 0 Å². The minimum absolute atomic E-state index is 0.00386. The Morgan fingerprint density at radius 2 is 1.65 bits per heavy atom. The molecule has 0 unspecified atom stereocenters. The predicted octanol–water partition coefficient (Wildman–Crippen LogP) is 4.73. The number of carboxylic acid groups (broad SMARTS) is 1. The molecule has 0 aliphatic rings. The molecule has 6 heteroatoms. The predicted molar refractivity (Wildman–Crippen MR) is 121 cm³/mol. The van der Waals surface area contributed by atoms with E-state index in [0.717, 1.165) is 18.4 Å². The van der Waals surface area contributed by atoms with Crippen LogP contribution in [0.1, 0.15) is 54.1 Å². The molecule has 0 fully saturated rings. The molecule has 1 N–H and O–H groups in total. The second kappa shape index (κ2) is 12.0. The van der Waals surface area contributed by atoms with E-state index in [1.54, 1.807) is 26.4 Å². The van der Waals surface area contributed by atoms with E-state index in [1.165, 1.54) is 5.56 Å². The molecular weight excluding hydrogens is 394 g/mol. The summed E-state index contributed by atoms with van der Waals surface area (Å²) in [6, 6.07) is 13.7. The van der Waals surface area contributed by atoms with Gasteiger partial charge in [-0.05, 0) is 57.2 Å². The fraction of sp³-hybridized carbons (Fsp3) is 0.440. The molecule has 1 amide bonds. The molecule has 0 saturated carbocycles.